The number of benzene rings is 1. The van der Waals surface area contributed by atoms with Gasteiger partial charge in [0, 0.05) is 18.9 Å². The van der Waals surface area contributed by atoms with Crippen LogP contribution in [0.4, 0.5) is 4.39 Å². The molecule has 1 amide bonds. The van der Waals surface area contributed by atoms with E-state index < -0.39 is 0 Å². The second kappa shape index (κ2) is 6.43. The van der Waals surface area contributed by atoms with Gasteiger partial charge in [-0.2, -0.15) is 0 Å². The first kappa shape index (κ1) is 16.9. The van der Waals surface area contributed by atoms with E-state index in [1.807, 2.05) is 12.1 Å². The molecule has 6 heteroatoms. The van der Waals surface area contributed by atoms with Gasteiger partial charge in [-0.15, -0.1) is 10.2 Å². The first-order valence-corrected chi connectivity index (χ1v) is 10.2. The van der Waals surface area contributed by atoms with E-state index in [0.29, 0.717) is 0 Å². The van der Waals surface area contributed by atoms with Crippen LogP contribution in [0, 0.1) is 11.7 Å². The first-order valence-electron chi connectivity index (χ1n) is 10.2. The lowest BCUT2D eigenvalue weighted by Crippen LogP contribution is -2.55. The lowest BCUT2D eigenvalue weighted by molar-refractivity contribution is -0.132. The molecule has 0 spiro atoms. The molecule has 2 fully saturated rings. The number of aromatic nitrogens is 3. The van der Waals surface area contributed by atoms with Crippen molar-refractivity contribution < 1.29 is 9.18 Å². The van der Waals surface area contributed by atoms with Crippen molar-refractivity contribution in [3.8, 4) is 0 Å². The Kier molecular flexibility index (Phi) is 4.02. The fourth-order valence-electron chi connectivity index (χ4n) is 4.85. The quantitative estimate of drug-likeness (QED) is 0.899. The predicted molar refractivity (Wildman–Crippen MR) is 98.5 cm³/mol. The number of carbonyl (C=O) groups excluding carboxylic acids is 1. The summed E-state index contributed by atoms with van der Waals surface area (Å²) >= 11 is 0. The van der Waals surface area contributed by atoms with Crippen molar-refractivity contribution in [3.05, 3.63) is 47.3 Å². The summed E-state index contributed by atoms with van der Waals surface area (Å²) in [7, 11) is 0. The average molecular weight is 368 g/mol. The zero-order chi connectivity index (χ0) is 18.4. The fourth-order valence-corrected chi connectivity index (χ4v) is 4.85. The lowest BCUT2D eigenvalue weighted by Gasteiger charge is -2.45. The summed E-state index contributed by atoms with van der Waals surface area (Å²) in [6.07, 6.45) is 8.14. The number of amides is 1. The Morgan fingerprint density at radius 3 is 2.59 bits per heavy atom. The normalized spacial score (nSPS) is 25.8. The number of fused-ring (bicyclic) bond motifs is 1. The Morgan fingerprint density at radius 1 is 1.11 bits per heavy atom. The molecule has 1 aromatic carbocycles. The number of aryl methyl sites for hydroxylation is 1. The Labute approximate surface area is 158 Å². The molecular formula is C21H25FN4O. The van der Waals surface area contributed by atoms with E-state index in [0.717, 1.165) is 68.7 Å². The van der Waals surface area contributed by atoms with Gasteiger partial charge in [0.1, 0.15) is 11.6 Å². The predicted octanol–water partition coefficient (Wildman–Crippen LogP) is 3.44. The van der Waals surface area contributed by atoms with Crippen LogP contribution in [0.5, 0.6) is 0 Å². The van der Waals surface area contributed by atoms with Crippen LogP contribution < -0.4 is 5.32 Å². The highest BCUT2D eigenvalue weighted by atomic mass is 19.1. The highest BCUT2D eigenvalue weighted by Crippen LogP contribution is 2.46. The number of rotatable bonds is 4. The molecule has 0 radical (unpaired) electrons. The maximum Gasteiger partial charge on any atom is 0.224 e. The molecule has 0 bridgehead atoms. The fraction of sp³-hybridized carbons (Fsp3) is 0.571. The van der Waals surface area contributed by atoms with Crippen LogP contribution in [-0.4, -0.2) is 20.7 Å². The summed E-state index contributed by atoms with van der Waals surface area (Å²) in [6, 6.07) is 6.60. The van der Waals surface area contributed by atoms with E-state index >= 15 is 0 Å². The summed E-state index contributed by atoms with van der Waals surface area (Å²) in [6.45, 7) is 0.955. The van der Waals surface area contributed by atoms with Gasteiger partial charge in [-0.3, -0.25) is 4.79 Å². The molecule has 2 aliphatic carbocycles. The molecule has 5 rings (SSSR count). The highest BCUT2D eigenvalue weighted by Gasteiger charge is 2.47. The minimum Gasteiger partial charge on any atom is -0.343 e. The largest absolute Gasteiger partial charge is 0.343 e. The Balaban J connectivity index is 1.35. The molecule has 3 aliphatic rings. The smallest absolute Gasteiger partial charge is 0.224 e. The monoisotopic (exact) mass is 368 g/mol. The topological polar surface area (TPSA) is 59.8 Å². The van der Waals surface area contributed by atoms with E-state index in [-0.39, 0.29) is 29.1 Å². The van der Waals surface area contributed by atoms with Crippen molar-refractivity contribution in [2.75, 3.05) is 0 Å². The van der Waals surface area contributed by atoms with E-state index in [9.17, 15) is 9.18 Å². The van der Waals surface area contributed by atoms with Gasteiger partial charge in [-0.1, -0.05) is 12.1 Å². The Morgan fingerprint density at radius 2 is 1.93 bits per heavy atom. The Bertz CT molecular complexity index is 856. The number of nitrogens with one attached hydrogen (secondary N) is 1. The van der Waals surface area contributed by atoms with Crippen LogP contribution in [-0.2, 0) is 23.3 Å². The third kappa shape index (κ3) is 2.77. The number of halogens is 1. The summed E-state index contributed by atoms with van der Waals surface area (Å²) in [5.74, 6) is 2.05. The molecule has 1 aliphatic heterocycles. The van der Waals surface area contributed by atoms with E-state index in [1.54, 1.807) is 0 Å². The van der Waals surface area contributed by atoms with Crippen LogP contribution in [0.25, 0.3) is 0 Å². The van der Waals surface area contributed by atoms with Crippen LogP contribution in [0.1, 0.15) is 68.1 Å². The zero-order valence-electron chi connectivity index (χ0n) is 15.5. The maximum atomic E-state index is 13.2. The molecule has 2 atom stereocenters. The molecule has 0 saturated heterocycles. The average Bonchev–Trinajstić information content (AvgIpc) is 3.03. The second-order valence-electron chi connectivity index (χ2n) is 8.32. The number of hydrogen-bond donors (Lipinski definition) is 1. The molecule has 27 heavy (non-hydrogen) atoms. The minimum absolute atomic E-state index is 0.0308. The molecule has 2 heterocycles. The van der Waals surface area contributed by atoms with Gasteiger partial charge in [-0.05, 0) is 68.6 Å². The van der Waals surface area contributed by atoms with Crippen LogP contribution in [0.3, 0.4) is 0 Å². The van der Waals surface area contributed by atoms with Gasteiger partial charge in [0.05, 0.1) is 5.54 Å². The van der Waals surface area contributed by atoms with Gasteiger partial charge >= 0.3 is 0 Å². The van der Waals surface area contributed by atoms with Gasteiger partial charge in [0.25, 0.3) is 0 Å². The van der Waals surface area contributed by atoms with Crippen molar-refractivity contribution in [1.29, 1.82) is 0 Å². The molecule has 2 unspecified atom stereocenters. The number of hydrogen-bond acceptors (Lipinski definition) is 3. The van der Waals surface area contributed by atoms with Crippen molar-refractivity contribution in [3.63, 3.8) is 0 Å². The molecule has 2 aromatic rings. The zero-order valence-corrected chi connectivity index (χ0v) is 15.5. The second-order valence-corrected chi connectivity index (χ2v) is 8.32. The SMILES string of the molecule is O=C(NC1(c2nnc3n2CCCC3)CCC1)C1CCC1c1ccc(F)cc1. The van der Waals surface area contributed by atoms with Crippen molar-refractivity contribution in [2.45, 2.75) is 69.4 Å². The molecular weight excluding hydrogens is 343 g/mol. The Hall–Kier alpha value is -2.24. The molecule has 5 nitrogen and oxygen atoms in total. The van der Waals surface area contributed by atoms with Gasteiger partial charge in [-0.25, -0.2) is 4.39 Å². The third-order valence-corrected chi connectivity index (χ3v) is 6.77. The van der Waals surface area contributed by atoms with E-state index in [4.69, 9.17) is 0 Å². The summed E-state index contributed by atoms with van der Waals surface area (Å²) < 4.78 is 15.4. The first-order chi connectivity index (χ1) is 13.2. The standard InChI is InChI=1S/C21H25FN4O/c22-15-7-5-14(6-8-15)16-9-10-17(16)19(27)23-21(11-3-12-21)20-25-24-18-4-1-2-13-26(18)20/h5-8,16-17H,1-4,9-13H2,(H,23,27). The molecule has 1 N–H and O–H groups in total. The van der Waals surface area contributed by atoms with E-state index in [2.05, 4.69) is 20.1 Å². The lowest BCUT2D eigenvalue weighted by atomic mass is 9.68. The minimum atomic E-state index is -0.345. The van der Waals surface area contributed by atoms with Crippen LogP contribution >= 0.6 is 0 Å². The van der Waals surface area contributed by atoms with Crippen LogP contribution in [0.15, 0.2) is 24.3 Å². The van der Waals surface area contributed by atoms with Gasteiger partial charge in [0.15, 0.2) is 5.82 Å². The van der Waals surface area contributed by atoms with Crippen molar-refractivity contribution in [1.82, 2.24) is 20.1 Å². The van der Waals surface area contributed by atoms with E-state index in [1.165, 1.54) is 18.6 Å². The molecule has 1 aromatic heterocycles. The van der Waals surface area contributed by atoms with Crippen LogP contribution in [0.2, 0.25) is 0 Å². The summed E-state index contributed by atoms with van der Waals surface area (Å²) in [4.78, 5) is 13.1. The summed E-state index contributed by atoms with van der Waals surface area (Å²) in [5.41, 5.74) is 0.716. The molecule has 142 valence electrons. The van der Waals surface area contributed by atoms with Crippen molar-refractivity contribution >= 4 is 5.91 Å². The highest BCUT2D eigenvalue weighted by molar-refractivity contribution is 5.81. The van der Waals surface area contributed by atoms with Gasteiger partial charge in [0.2, 0.25) is 5.91 Å². The third-order valence-electron chi connectivity index (χ3n) is 6.77. The number of carbonyl (C=O) groups is 1. The maximum absolute atomic E-state index is 13.2. The summed E-state index contributed by atoms with van der Waals surface area (Å²) in [5, 5.41) is 12.2. The molecule has 2 saturated carbocycles. The van der Waals surface area contributed by atoms with Gasteiger partial charge < -0.3 is 9.88 Å². The van der Waals surface area contributed by atoms with Crippen molar-refractivity contribution in [2.24, 2.45) is 5.92 Å². The number of nitrogens with zero attached hydrogens (tertiary/aromatic N) is 3.